The third kappa shape index (κ3) is 5.26. The number of H-pyrrole nitrogens is 1. The zero-order valence-electron chi connectivity index (χ0n) is 17.5. The van der Waals surface area contributed by atoms with E-state index in [1.807, 2.05) is 19.1 Å². The van der Waals surface area contributed by atoms with Crippen molar-refractivity contribution in [2.45, 2.75) is 19.1 Å². The molecule has 0 spiro atoms. The van der Waals surface area contributed by atoms with Gasteiger partial charge in [0, 0.05) is 16.1 Å². The van der Waals surface area contributed by atoms with E-state index in [0.717, 1.165) is 23.3 Å². The second-order valence-corrected chi connectivity index (χ2v) is 8.01. The first-order valence-corrected chi connectivity index (χ1v) is 10.5. The lowest BCUT2D eigenvalue weighted by atomic mass is 10.0. The molecule has 1 heterocycles. The lowest BCUT2D eigenvalue weighted by Gasteiger charge is -2.14. The fourth-order valence-corrected chi connectivity index (χ4v) is 3.51. The molecule has 1 unspecified atom stereocenters. The molecular weight excluding hydrogens is 451 g/mol. The van der Waals surface area contributed by atoms with Crippen LogP contribution in [-0.2, 0) is 6.18 Å². The van der Waals surface area contributed by atoms with Crippen LogP contribution < -0.4 is 5.32 Å². The molecule has 0 saturated heterocycles. The van der Waals surface area contributed by atoms with Crippen molar-refractivity contribution in [2.24, 2.45) is 0 Å². The summed E-state index contributed by atoms with van der Waals surface area (Å²) < 4.78 is 38.9. The summed E-state index contributed by atoms with van der Waals surface area (Å²) in [6, 6.07) is 20.6. The standard InChI is InChI=1S/C25H19ClF3N3O/c1-15(16-9-11-21(26)12-10-16)30-24(33)18-7-5-17(6-8-18)22-14-23(32-31-22)19-3-2-4-20(13-19)25(27,28)29/h2-15H,1H3,(H,30,33)(H,31,32). The van der Waals surface area contributed by atoms with E-state index in [1.54, 1.807) is 48.5 Å². The molecule has 0 radical (unpaired) electrons. The Morgan fingerprint density at radius 3 is 2.33 bits per heavy atom. The lowest BCUT2D eigenvalue weighted by molar-refractivity contribution is -0.137. The van der Waals surface area contributed by atoms with Gasteiger partial charge in [-0.1, -0.05) is 48.0 Å². The molecule has 33 heavy (non-hydrogen) atoms. The van der Waals surface area contributed by atoms with E-state index in [0.29, 0.717) is 27.5 Å². The highest BCUT2D eigenvalue weighted by Crippen LogP contribution is 2.32. The first-order valence-electron chi connectivity index (χ1n) is 10.1. The number of rotatable bonds is 5. The Balaban J connectivity index is 1.47. The summed E-state index contributed by atoms with van der Waals surface area (Å²) in [5.41, 5.74) is 2.83. The van der Waals surface area contributed by atoms with Crippen LogP contribution in [0.15, 0.2) is 78.9 Å². The number of carbonyl (C=O) groups is 1. The molecule has 0 saturated carbocycles. The average Bonchev–Trinajstić information content (AvgIpc) is 3.29. The average molecular weight is 470 g/mol. The molecule has 8 heteroatoms. The van der Waals surface area contributed by atoms with E-state index in [-0.39, 0.29) is 11.9 Å². The molecule has 2 N–H and O–H groups in total. The molecule has 0 aliphatic heterocycles. The molecule has 0 bridgehead atoms. The smallest absolute Gasteiger partial charge is 0.346 e. The van der Waals surface area contributed by atoms with Crippen molar-refractivity contribution in [3.63, 3.8) is 0 Å². The lowest BCUT2D eigenvalue weighted by Crippen LogP contribution is -2.26. The number of carbonyl (C=O) groups excluding carboxylic acids is 1. The van der Waals surface area contributed by atoms with Crippen LogP contribution in [0.4, 0.5) is 13.2 Å². The zero-order valence-corrected chi connectivity index (χ0v) is 18.2. The number of aromatic nitrogens is 2. The number of benzene rings is 3. The van der Waals surface area contributed by atoms with Gasteiger partial charge in [-0.2, -0.15) is 18.3 Å². The van der Waals surface area contributed by atoms with Crippen LogP contribution in [0.25, 0.3) is 22.5 Å². The highest BCUT2D eigenvalue weighted by molar-refractivity contribution is 6.30. The summed E-state index contributed by atoms with van der Waals surface area (Å²) in [7, 11) is 0. The topological polar surface area (TPSA) is 57.8 Å². The van der Waals surface area contributed by atoms with Gasteiger partial charge in [0.2, 0.25) is 0 Å². The van der Waals surface area contributed by atoms with Crippen molar-refractivity contribution >= 4 is 17.5 Å². The molecule has 1 aromatic heterocycles. The molecule has 3 aromatic carbocycles. The van der Waals surface area contributed by atoms with Crippen LogP contribution in [-0.4, -0.2) is 16.1 Å². The van der Waals surface area contributed by atoms with Gasteiger partial charge < -0.3 is 5.32 Å². The van der Waals surface area contributed by atoms with Gasteiger partial charge >= 0.3 is 6.18 Å². The molecule has 1 amide bonds. The van der Waals surface area contributed by atoms with Gasteiger partial charge in [-0.25, -0.2) is 0 Å². The second kappa shape index (κ2) is 9.11. The molecule has 4 rings (SSSR count). The van der Waals surface area contributed by atoms with Crippen molar-refractivity contribution < 1.29 is 18.0 Å². The van der Waals surface area contributed by atoms with Gasteiger partial charge in [-0.15, -0.1) is 0 Å². The number of aromatic amines is 1. The largest absolute Gasteiger partial charge is 0.416 e. The predicted molar refractivity (Wildman–Crippen MR) is 122 cm³/mol. The Bertz CT molecular complexity index is 1270. The Labute approximate surface area is 193 Å². The zero-order chi connectivity index (χ0) is 23.6. The minimum absolute atomic E-state index is 0.197. The third-order valence-electron chi connectivity index (χ3n) is 5.24. The molecular formula is C25H19ClF3N3O. The number of hydrogen-bond acceptors (Lipinski definition) is 2. The predicted octanol–water partition coefficient (Wildman–Crippen LogP) is 6.91. The first-order chi connectivity index (χ1) is 15.7. The fraction of sp³-hybridized carbons (Fsp3) is 0.120. The molecule has 168 valence electrons. The molecule has 1 atom stereocenters. The minimum Gasteiger partial charge on any atom is -0.346 e. The molecule has 0 aliphatic carbocycles. The van der Waals surface area contributed by atoms with Crippen LogP contribution in [0.1, 0.15) is 34.5 Å². The Hall–Kier alpha value is -3.58. The number of hydrogen-bond donors (Lipinski definition) is 2. The molecule has 4 aromatic rings. The Morgan fingerprint density at radius 1 is 0.970 bits per heavy atom. The van der Waals surface area contributed by atoms with E-state index in [2.05, 4.69) is 15.5 Å². The van der Waals surface area contributed by atoms with E-state index >= 15 is 0 Å². The second-order valence-electron chi connectivity index (χ2n) is 7.57. The number of nitrogens with zero attached hydrogens (tertiary/aromatic N) is 1. The van der Waals surface area contributed by atoms with Crippen LogP contribution in [0.3, 0.4) is 0 Å². The normalized spacial score (nSPS) is 12.4. The molecule has 4 nitrogen and oxygen atoms in total. The van der Waals surface area contributed by atoms with Crippen LogP contribution in [0.5, 0.6) is 0 Å². The summed E-state index contributed by atoms with van der Waals surface area (Å²) >= 11 is 5.91. The number of alkyl halides is 3. The highest BCUT2D eigenvalue weighted by Gasteiger charge is 2.30. The summed E-state index contributed by atoms with van der Waals surface area (Å²) in [6.45, 7) is 1.88. The number of nitrogens with one attached hydrogen (secondary N) is 2. The number of halogens is 4. The molecule has 0 aliphatic rings. The fourth-order valence-electron chi connectivity index (χ4n) is 3.39. The summed E-state index contributed by atoms with van der Waals surface area (Å²) in [6.07, 6.45) is -4.42. The highest BCUT2D eigenvalue weighted by atomic mass is 35.5. The third-order valence-corrected chi connectivity index (χ3v) is 5.49. The quantitative estimate of drug-likeness (QED) is 0.334. The van der Waals surface area contributed by atoms with Crippen molar-refractivity contribution in [3.05, 3.63) is 101 Å². The van der Waals surface area contributed by atoms with Gasteiger partial charge in [0.15, 0.2) is 0 Å². The van der Waals surface area contributed by atoms with Crippen LogP contribution in [0.2, 0.25) is 5.02 Å². The monoisotopic (exact) mass is 469 g/mol. The van der Waals surface area contributed by atoms with E-state index in [9.17, 15) is 18.0 Å². The van der Waals surface area contributed by atoms with Crippen LogP contribution in [0, 0.1) is 0 Å². The van der Waals surface area contributed by atoms with E-state index in [1.165, 1.54) is 6.07 Å². The van der Waals surface area contributed by atoms with Gasteiger partial charge in [0.05, 0.1) is 23.0 Å². The van der Waals surface area contributed by atoms with Crippen molar-refractivity contribution in [1.82, 2.24) is 15.5 Å². The minimum atomic E-state index is -4.42. The Morgan fingerprint density at radius 2 is 1.67 bits per heavy atom. The SMILES string of the molecule is CC(NC(=O)c1ccc(-c2cc(-c3cccc(C(F)(F)F)c3)n[nH]2)cc1)c1ccc(Cl)cc1. The summed E-state index contributed by atoms with van der Waals surface area (Å²) in [5, 5.41) is 10.6. The van der Waals surface area contributed by atoms with E-state index in [4.69, 9.17) is 11.6 Å². The van der Waals surface area contributed by atoms with Crippen molar-refractivity contribution in [1.29, 1.82) is 0 Å². The van der Waals surface area contributed by atoms with Gasteiger partial charge in [-0.3, -0.25) is 9.89 Å². The number of amides is 1. The first kappa shape index (κ1) is 22.6. The van der Waals surface area contributed by atoms with E-state index < -0.39 is 11.7 Å². The summed E-state index contributed by atoms with van der Waals surface area (Å²) in [4.78, 5) is 12.6. The summed E-state index contributed by atoms with van der Waals surface area (Å²) in [5.74, 6) is -0.224. The van der Waals surface area contributed by atoms with Crippen molar-refractivity contribution in [3.8, 4) is 22.5 Å². The maximum atomic E-state index is 13.0. The van der Waals surface area contributed by atoms with Crippen LogP contribution >= 0.6 is 11.6 Å². The van der Waals surface area contributed by atoms with Gasteiger partial charge in [0.25, 0.3) is 5.91 Å². The van der Waals surface area contributed by atoms with Gasteiger partial charge in [-0.05, 0) is 60.5 Å². The maximum absolute atomic E-state index is 13.0. The van der Waals surface area contributed by atoms with Crippen molar-refractivity contribution in [2.75, 3.05) is 0 Å². The molecule has 0 fully saturated rings. The maximum Gasteiger partial charge on any atom is 0.416 e. The Kier molecular flexibility index (Phi) is 6.24. The van der Waals surface area contributed by atoms with Gasteiger partial charge in [0.1, 0.15) is 0 Å².